The predicted molar refractivity (Wildman–Crippen MR) is 119 cm³/mol. The van der Waals surface area contributed by atoms with Crippen molar-refractivity contribution in [2.75, 3.05) is 13.1 Å². The Morgan fingerprint density at radius 2 is 1.66 bits per heavy atom. The molecule has 0 aliphatic carbocycles. The third kappa shape index (κ3) is 3.81. The maximum Gasteiger partial charge on any atom is 0.254 e. The van der Waals surface area contributed by atoms with Crippen LogP contribution in [0.5, 0.6) is 0 Å². The van der Waals surface area contributed by atoms with Crippen LogP contribution in [0.3, 0.4) is 0 Å². The Balaban J connectivity index is 1.52. The Hall–Kier alpha value is -2.62. The molecule has 0 N–H and O–H groups in total. The van der Waals surface area contributed by atoms with E-state index in [1.165, 1.54) is 11.4 Å². The number of rotatable bonds is 4. The summed E-state index contributed by atoms with van der Waals surface area (Å²) in [7, 11) is 0. The summed E-state index contributed by atoms with van der Waals surface area (Å²) in [6.07, 6.45) is 1.91. The standard InChI is InChI=1S/C25H31N3O/c1-17(2)23-16-24(18(3)4)28(26-23)20-12-14-27(15-13-20)25(29)22-11-7-9-19-8-5-6-10-21(19)22/h5-11,16-18,20H,12-15H2,1-4H3. The number of aromatic nitrogens is 2. The first kappa shape index (κ1) is 19.7. The van der Waals surface area contributed by atoms with Crippen LogP contribution < -0.4 is 0 Å². The SMILES string of the molecule is CC(C)c1cc(C(C)C)n(C2CCN(C(=O)c3cccc4ccccc34)CC2)n1. The molecule has 1 saturated heterocycles. The number of hydrogen-bond donors (Lipinski definition) is 0. The lowest BCUT2D eigenvalue weighted by molar-refractivity contribution is 0.0690. The van der Waals surface area contributed by atoms with Gasteiger partial charge in [0, 0.05) is 24.3 Å². The molecule has 4 heteroatoms. The molecule has 0 bridgehead atoms. The Labute approximate surface area is 173 Å². The molecular formula is C25H31N3O. The highest BCUT2D eigenvalue weighted by Crippen LogP contribution is 2.30. The average molecular weight is 390 g/mol. The Morgan fingerprint density at radius 3 is 2.34 bits per heavy atom. The molecule has 0 atom stereocenters. The first-order valence-electron chi connectivity index (χ1n) is 10.8. The van der Waals surface area contributed by atoms with Crippen molar-refractivity contribution in [1.29, 1.82) is 0 Å². The topological polar surface area (TPSA) is 38.1 Å². The number of carbonyl (C=O) groups excluding carboxylic acids is 1. The van der Waals surface area contributed by atoms with E-state index in [9.17, 15) is 4.79 Å². The smallest absolute Gasteiger partial charge is 0.254 e. The summed E-state index contributed by atoms with van der Waals surface area (Å²) < 4.78 is 2.25. The van der Waals surface area contributed by atoms with Gasteiger partial charge in [-0.2, -0.15) is 5.10 Å². The van der Waals surface area contributed by atoms with Crippen molar-refractivity contribution < 1.29 is 4.79 Å². The molecule has 1 fully saturated rings. The van der Waals surface area contributed by atoms with Gasteiger partial charge >= 0.3 is 0 Å². The van der Waals surface area contributed by atoms with Crippen molar-refractivity contribution >= 4 is 16.7 Å². The molecular weight excluding hydrogens is 358 g/mol. The maximum absolute atomic E-state index is 13.2. The molecule has 2 aromatic carbocycles. The zero-order valence-corrected chi connectivity index (χ0v) is 17.9. The summed E-state index contributed by atoms with van der Waals surface area (Å²) in [6.45, 7) is 10.4. The molecule has 0 unspecified atom stereocenters. The first-order chi connectivity index (χ1) is 14.0. The molecule has 4 rings (SSSR count). The molecule has 2 heterocycles. The van der Waals surface area contributed by atoms with Crippen molar-refractivity contribution in [3.8, 4) is 0 Å². The van der Waals surface area contributed by atoms with Gasteiger partial charge in [-0.1, -0.05) is 64.1 Å². The fraction of sp³-hybridized carbons (Fsp3) is 0.440. The van der Waals surface area contributed by atoms with Gasteiger partial charge in [-0.3, -0.25) is 9.48 Å². The predicted octanol–water partition coefficient (Wildman–Crippen LogP) is 5.76. The molecule has 0 radical (unpaired) electrons. The number of amides is 1. The van der Waals surface area contributed by atoms with Crippen molar-refractivity contribution in [3.05, 3.63) is 65.5 Å². The maximum atomic E-state index is 13.2. The van der Waals surface area contributed by atoms with Crippen LogP contribution in [0.4, 0.5) is 0 Å². The molecule has 3 aromatic rings. The highest BCUT2D eigenvalue weighted by atomic mass is 16.2. The molecule has 0 saturated carbocycles. The van der Waals surface area contributed by atoms with Crippen molar-refractivity contribution in [2.45, 2.75) is 58.4 Å². The Bertz CT molecular complexity index is 1000. The third-order valence-electron chi connectivity index (χ3n) is 6.08. The van der Waals surface area contributed by atoms with E-state index >= 15 is 0 Å². The lowest BCUT2D eigenvalue weighted by Gasteiger charge is -2.33. The van der Waals surface area contributed by atoms with E-state index in [0.29, 0.717) is 17.9 Å². The number of benzene rings is 2. The van der Waals surface area contributed by atoms with Crippen LogP contribution >= 0.6 is 0 Å². The number of hydrogen-bond acceptors (Lipinski definition) is 2. The van der Waals surface area contributed by atoms with Gasteiger partial charge in [-0.15, -0.1) is 0 Å². The normalized spacial score (nSPS) is 15.6. The minimum atomic E-state index is 0.146. The Morgan fingerprint density at radius 1 is 0.966 bits per heavy atom. The van der Waals surface area contributed by atoms with E-state index in [0.717, 1.165) is 42.3 Å². The second-order valence-corrected chi connectivity index (χ2v) is 8.80. The van der Waals surface area contributed by atoms with E-state index in [4.69, 9.17) is 5.10 Å². The number of nitrogens with zero attached hydrogens (tertiary/aromatic N) is 3. The highest BCUT2D eigenvalue weighted by Gasteiger charge is 2.28. The lowest BCUT2D eigenvalue weighted by Crippen LogP contribution is -2.39. The summed E-state index contributed by atoms with van der Waals surface area (Å²) in [6, 6.07) is 16.8. The number of piperidine rings is 1. The third-order valence-corrected chi connectivity index (χ3v) is 6.08. The van der Waals surface area contributed by atoms with Crippen LogP contribution in [0, 0.1) is 0 Å². The number of carbonyl (C=O) groups is 1. The fourth-order valence-electron chi connectivity index (χ4n) is 4.33. The van der Waals surface area contributed by atoms with Crippen LogP contribution in [0.1, 0.15) is 80.2 Å². The molecule has 152 valence electrons. The van der Waals surface area contributed by atoms with Crippen LogP contribution in [-0.2, 0) is 0 Å². The van der Waals surface area contributed by atoms with Crippen molar-refractivity contribution in [3.63, 3.8) is 0 Å². The Kier molecular flexibility index (Phi) is 5.44. The van der Waals surface area contributed by atoms with Gasteiger partial charge in [0.15, 0.2) is 0 Å². The van der Waals surface area contributed by atoms with Gasteiger partial charge < -0.3 is 4.90 Å². The minimum Gasteiger partial charge on any atom is -0.338 e. The largest absolute Gasteiger partial charge is 0.338 e. The van der Waals surface area contributed by atoms with Gasteiger partial charge in [0.05, 0.1) is 11.7 Å². The lowest BCUT2D eigenvalue weighted by atomic mass is 10.00. The molecule has 1 aliphatic rings. The summed E-state index contributed by atoms with van der Waals surface area (Å²) in [5, 5.41) is 7.09. The van der Waals surface area contributed by atoms with Gasteiger partial charge in [-0.05, 0) is 47.6 Å². The highest BCUT2D eigenvalue weighted by molar-refractivity contribution is 6.07. The van der Waals surface area contributed by atoms with Crippen LogP contribution in [0.25, 0.3) is 10.8 Å². The van der Waals surface area contributed by atoms with Crippen molar-refractivity contribution in [1.82, 2.24) is 14.7 Å². The molecule has 1 aromatic heterocycles. The van der Waals surface area contributed by atoms with E-state index in [2.05, 4.69) is 50.6 Å². The van der Waals surface area contributed by atoms with E-state index in [-0.39, 0.29) is 5.91 Å². The molecule has 4 nitrogen and oxygen atoms in total. The van der Waals surface area contributed by atoms with Gasteiger partial charge in [0.2, 0.25) is 0 Å². The monoisotopic (exact) mass is 389 g/mol. The summed E-state index contributed by atoms with van der Waals surface area (Å²) in [5.41, 5.74) is 3.29. The number of fused-ring (bicyclic) bond motifs is 1. The van der Waals surface area contributed by atoms with E-state index in [1.54, 1.807) is 0 Å². The zero-order chi connectivity index (χ0) is 20.5. The molecule has 0 spiro atoms. The summed E-state index contributed by atoms with van der Waals surface area (Å²) in [4.78, 5) is 15.2. The summed E-state index contributed by atoms with van der Waals surface area (Å²) >= 11 is 0. The van der Waals surface area contributed by atoms with Crippen molar-refractivity contribution in [2.24, 2.45) is 0 Å². The molecule has 1 amide bonds. The molecule has 1 aliphatic heterocycles. The van der Waals surface area contributed by atoms with Crippen LogP contribution in [-0.4, -0.2) is 33.7 Å². The second-order valence-electron chi connectivity index (χ2n) is 8.80. The molecule has 29 heavy (non-hydrogen) atoms. The van der Waals surface area contributed by atoms with E-state index < -0.39 is 0 Å². The first-order valence-corrected chi connectivity index (χ1v) is 10.8. The minimum absolute atomic E-state index is 0.146. The van der Waals surface area contributed by atoms with E-state index in [1.807, 2.05) is 35.2 Å². The average Bonchev–Trinajstić information content (AvgIpc) is 3.19. The van der Waals surface area contributed by atoms with Gasteiger partial charge in [0.1, 0.15) is 0 Å². The zero-order valence-electron chi connectivity index (χ0n) is 17.9. The van der Waals surface area contributed by atoms with Crippen LogP contribution in [0.15, 0.2) is 48.5 Å². The fourth-order valence-corrected chi connectivity index (χ4v) is 4.33. The summed E-state index contributed by atoms with van der Waals surface area (Å²) in [5.74, 6) is 1.03. The van der Waals surface area contributed by atoms with Gasteiger partial charge in [0.25, 0.3) is 5.91 Å². The quantitative estimate of drug-likeness (QED) is 0.569. The second kappa shape index (κ2) is 8.02. The number of likely N-dealkylation sites (tertiary alicyclic amines) is 1. The van der Waals surface area contributed by atoms with Crippen LogP contribution in [0.2, 0.25) is 0 Å². The van der Waals surface area contributed by atoms with Gasteiger partial charge in [-0.25, -0.2) is 0 Å².